The van der Waals surface area contributed by atoms with E-state index in [9.17, 15) is 9.90 Å². The van der Waals surface area contributed by atoms with Crippen LogP contribution in [-0.2, 0) is 5.60 Å². The first-order valence-electron chi connectivity index (χ1n) is 8.47. The maximum atomic E-state index is 12.1. The summed E-state index contributed by atoms with van der Waals surface area (Å²) in [4.78, 5) is 12.9. The van der Waals surface area contributed by atoms with Crippen LogP contribution < -0.4 is 15.4 Å². The van der Waals surface area contributed by atoms with Gasteiger partial charge in [0.2, 0.25) is 0 Å². The fourth-order valence-corrected chi connectivity index (χ4v) is 3.67. The standard InChI is InChI=1S/C20H22N2O3S/c1-3-25-16-10-8-15(9-11-16)22-19(23)21-13-20(2,24)18-12-14-6-4-5-7-17(14)26-18/h4-12,24H,3,13H2,1-2H3,(H2,21,22,23)/t20-/m1/s1. The Balaban J connectivity index is 1.58. The fraction of sp³-hybridized carbons (Fsp3) is 0.250. The number of rotatable bonds is 6. The van der Waals surface area contributed by atoms with E-state index < -0.39 is 5.60 Å². The third kappa shape index (κ3) is 4.33. The number of hydrogen-bond donors (Lipinski definition) is 3. The number of urea groups is 1. The fourth-order valence-electron chi connectivity index (χ4n) is 2.56. The minimum atomic E-state index is -1.14. The molecular formula is C20H22N2O3S. The molecular weight excluding hydrogens is 348 g/mol. The van der Waals surface area contributed by atoms with Crippen LogP contribution in [0.5, 0.6) is 5.75 Å². The molecule has 136 valence electrons. The zero-order valence-corrected chi connectivity index (χ0v) is 15.6. The van der Waals surface area contributed by atoms with Gasteiger partial charge in [0.05, 0.1) is 13.2 Å². The van der Waals surface area contributed by atoms with Crippen LogP contribution >= 0.6 is 11.3 Å². The van der Waals surface area contributed by atoms with E-state index in [0.29, 0.717) is 12.3 Å². The minimum absolute atomic E-state index is 0.114. The van der Waals surface area contributed by atoms with Gasteiger partial charge in [-0.2, -0.15) is 0 Å². The van der Waals surface area contributed by atoms with Crippen molar-refractivity contribution < 1.29 is 14.6 Å². The van der Waals surface area contributed by atoms with Crippen LogP contribution in [0.15, 0.2) is 54.6 Å². The van der Waals surface area contributed by atoms with Gasteiger partial charge in [-0.25, -0.2) is 4.79 Å². The summed E-state index contributed by atoms with van der Waals surface area (Å²) < 4.78 is 6.48. The van der Waals surface area contributed by atoms with Crippen LogP contribution in [-0.4, -0.2) is 24.3 Å². The Morgan fingerprint density at radius 2 is 1.92 bits per heavy atom. The van der Waals surface area contributed by atoms with Crippen molar-refractivity contribution in [3.05, 3.63) is 59.5 Å². The highest BCUT2D eigenvalue weighted by molar-refractivity contribution is 7.19. The summed E-state index contributed by atoms with van der Waals surface area (Å²) in [6, 6.07) is 16.7. The second-order valence-electron chi connectivity index (χ2n) is 6.19. The molecule has 0 bridgehead atoms. The van der Waals surface area contributed by atoms with Crippen molar-refractivity contribution in [2.45, 2.75) is 19.4 Å². The molecule has 5 nitrogen and oxygen atoms in total. The van der Waals surface area contributed by atoms with Gasteiger partial charge in [-0.1, -0.05) is 18.2 Å². The second kappa shape index (κ2) is 7.76. The van der Waals surface area contributed by atoms with E-state index in [1.807, 2.05) is 37.3 Å². The Morgan fingerprint density at radius 3 is 2.62 bits per heavy atom. The first-order chi connectivity index (χ1) is 12.5. The number of benzene rings is 2. The Hall–Kier alpha value is -2.57. The maximum absolute atomic E-state index is 12.1. The number of carbonyl (C=O) groups excluding carboxylic acids is 1. The van der Waals surface area contributed by atoms with Gasteiger partial charge in [0.1, 0.15) is 11.4 Å². The molecule has 2 aromatic carbocycles. The number of anilines is 1. The van der Waals surface area contributed by atoms with Crippen molar-refractivity contribution in [1.82, 2.24) is 5.32 Å². The predicted molar refractivity (Wildman–Crippen MR) is 106 cm³/mol. The average Bonchev–Trinajstić information content (AvgIpc) is 3.07. The lowest BCUT2D eigenvalue weighted by Crippen LogP contribution is -2.40. The normalized spacial score (nSPS) is 13.2. The van der Waals surface area contributed by atoms with E-state index in [2.05, 4.69) is 10.6 Å². The van der Waals surface area contributed by atoms with Gasteiger partial charge in [-0.05, 0) is 55.6 Å². The minimum Gasteiger partial charge on any atom is -0.494 e. The summed E-state index contributed by atoms with van der Waals surface area (Å²) >= 11 is 1.53. The van der Waals surface area contributed by atoms with Crippen molar-refractivity contribution in [2.24, 2.45) is 0 Å². The number of aliphatic hydroxyl groups is 1. The van der Waals surface area contributed by atoms with E-state index in [4.69, 9.17) is 4.74 Å². The quantitative estimate of drug-likeness (QED) is 0.605. The molecule has 0 saturated carbocycles. The van der Waals surface area contributed by atoms with Gasteiger partial charge in [-0.15, -0.1) is 11.3 Å². The number of amides is 2. The second-order valence-corrected chi connectivity index (χ2v) is 7.27. The molecule has 1 atom stereocenters. The highest BCUT2D eigenvalue weighted by atomic mass is 32.1. The van der Waals surface area contributed by atoms with E-state index >= 15 is 0 Å². The molecule has 0 radical (unpaired) electrons. The molecule has 0 saturated heterocycles. The molecule has 3 rings (SSSR count). The molecule has 0 aliphatic carbocycles. The lowest BCUT2D eigenvalue weighted by Gasteiger charge is -2.22. The van der Waals surface area contributed by atoms with Gasteiger partial charge in [0.25, 0.3) is 0 Å². The summed E-state index contributed by atoms with van der Waals surface area (Å²) in [7, 11) is 0. The van der Waals surface area contributed by atoms with Crippen LogP contribution in [0.2, 0.25) is 0 Å². The molecule has 1 heterocycles. The van der Waals surface area contributed by atoms with Crippen molar-refractivity contribution >= 4 is 33.1 Å². The Kier molecular flexibility index (Phi) is 5.44. The molecule has 0 spiro atoms. The van der Waals surface area contributed by atoms with Crippen LogP contribution in [0, 0.1) is 0 Å². The number of fused-ring (bicyclic) bond motifs is 1. The van der Waals surface area contributed by atoms with Crippen molar-refractivity contribution in [2.75, 3.05) is 18.5 Å². The summed E-state index contributed by atoms with van der Waals surface area (Å²) in [5.74, 6) is 0.756. The maximum Gasteiger partial charge on any atom is 0.319 e. The first kappa shape index (κ1) is 18.2. The van der Waals surface area contributed by atoms with Gasteiger partial charge in [-0.3, -0.25) is 0 Å². The number of nitrogens with one attached hydrogen (secondary N) is 2. The number of hydrogen-bond acceptors (Lipinski definition) is 4. The van der Waals surface area contributed by atoms with Crippen molar-refractivity contribution in [1.29, 1.82) is 0 Å². The number of carbonyl (C=O) groups is 1. The average molecular weight is 370 g/mol. The lowest BCUT2D eigenvalue weighted by atomic mass is 10.0. The zero-order valence-electron chi connectivity index (χ0n) is 14.8. The summed E-state index contributed by atoms with van der Waals surface area (Å²) in [5, 5.41) is 17.3. The molecule has 6 heteroatoms. The highest BCUT2D eigenvalue weighted by Crippen LogP contribution is 2.32. The van der Waals surface area contributed by atoms with Crippen molar-refractivity contribution in [3.63, 3.8) is 0 Å². The highest BCUT2D eigenvalue weighted by Gasteiger charge is 2.26. The lowest BCUT2D eigenvalue weighted by molar-refractivity contribution is 0.0638. The zero-order chi connectivity index (χ0) is 18.6. The molecule has 3 aromatic rings. The Bertz CT molecular complexity index is 854. The smallest absolute Gasteiger partial charge is 0.319 e. The summed E-state index contributed by atoms with van der Waals surface area (Å²) in [5.41, 5.74) is -0.479. The molecule has 0 fully saturated rings. The molecule has 2 amide bonds. The van der Waals surface area contributed by atoms with E-state index in [1.165, 1.54) is 11.3 Å². The third-order valence-electron chi connectivity index (χ3n) is 3.97. The van der Waals surface area contributed by atoms with Crippen LogP contribution in [0.25, 0.3) is 10.1 Å². The number of ether oxygens (including phenoxy) is 1. The number of thiophene rings is 1. The largest absolute Gasteiger partial charge is 0.494 e. The molecule has 1 aromatic heterocycles. The van der Waals surface area contributed by atoms with E-state index in [-0.39, 0.29) is 12.6 Å². The molecule has 26 heavy (non-hydrogen) atoms. The molecule has 3 N–H and O–H groups in total. The van der Waals surface area contributed by atoms with Crippen molar-refractivity contribution in [3.8, 4) is 5.75 Å². The van der Waals surface area contributed by atoms with Gasteiger partial charge >= 0.3 is 6.03 Å². The Labute approximate surface area is 156 Å². The molecule has 0 aliphatic heterocycles. The van der Waals surface area contributed by atoms with Gasteiger partial charge < -0.3 is 20.5 Å². The Morgan fingerprint density at radius 1 is 1.19 bits per heavy atom. The van der Waals surface area contributed by atoms with Crippen LogP contribution in [0.3, 0.4) is 0 Å². The van der Waals surface area contributed by atoms with E-state index in [0.717, 1.165) is 20.7 Å². The topological polar surface area (TPSA) is 70.6 Å². The first-order valence-corrected chi connectivity index (χ1v) is 9.29. The monoisotopic (exact) mass is 370 g/mol. The molecule has 0 unspecified atom stereocenters. The van der Waals surface area contributed by atoms with Gasteiger partial charge in [0.15, 0.2) is 0 Å². The SMILES string of the molecule is CCOc1ccc(NC(=O)NC[C@@](C)(O)c2cc3ccccc3s2)cc1. The summed E-state index contributed by atoms with van der Waals surface area (Å²) in [6.07, 6.45) is 0. The third-order valence-corrected chi connectivity index (χ3v) is 5.34. The van der Waals surface area contributed by atoms with Crippen LogP contribution in [0.4, 0.5) is 10.5 Å². The van der Waals surface area contributed by atoms with Crippen LogP contribution in [0.1, 0.15) is 18.7 Å². The molecule has 0 aliphatic rings. The van der Waals surface area contributed by atoms with Gasteiger partial charge in [0, 0.05) is 15.3 Å². The predicted octanol–water partition coefficient (Wildman–Crippen LogP) is 4.33. The summed E-state index contributed by atoms with van der Waals surface area (Å²) in [6.45, 7) is 4.33. The van der Waals surface area contributed by atoms with E-state index in [1.54, 1.807) is 31.2 Å².